The van der Waals surface area contributed by atoms with Crippen molar-refractivity contribution in [2.24, 2.45) is 5.92 Å². The van der Waals surface area contributed by atoms with Gasteiger partial charge in [0.05, 0.1) is 13.0 Å². The molecule has 0 saturated carbocycles. The van der Waals surface area contributed by atoms with Gasteiger partial charge in [-0.2, -0.15) is 0 Å². The maximum Gasteiger partial charge on any atom is 0.229 e. The van der Waals surface area contributed by atoms with Gasteiger partial charge < -0.3 is 19.9 Å². The van der Waals surface area contributed by atoms with Crippen LogP contribution >= 0.6 is 0 Å². The summed E-state index contributed by atoms with van der Waals surface area (Å²) >= 11 is 0. The number of carbonyl (C=O) groups excluding carboxylic acids is 2. The molecule has 1 fully saturated rings. The highest BCUT2D eigenvalue weighted by Crippen LogP contribution is 2.23. The number of carbonyl (C=O) groups is 2. The normalized spacial score (nSPS) is 16.5. The van der Waals surface area contributed by atoms with Gasteiger partial charge in [-0.05, 0) is 42.3 Å². The van der Waals surface area contributed by atoms with Crippen LogP contribution in [-0.4, -0.2) is 41.9 Å². The lowest BCUT2D eigenvalue weighted by Gasteiger charge is -2.16. The van der Waals surface area contributed by atoms with Gasteiger partial charge in [0.2, 0.25) is 11.8 Å². The lowest BCUT2D eigenvalue weighted by atomic mass is 10.1. The Bertz CT molecular complexity index is 994. The highest BCUT2D eigenvalue weighted by Gasteiger charge is 2.34. The number of rotatable bonds is 6. The molecule has 2 amide bonds. The molecule has 2 heterocycles. The van der Waals surface area contributed by atoms with E-state index in [0.717, 1.165) is 17.7 Å². The van der Waals surface area contributed by atoms with Crippen LogP contribution in [0.5, 0.6) is 5.75 Å². The number of hydrogen-bond acceptors (Lipinski definition) is 3. The van der Waals surface area contributed by atoms with Gasteiger partial charge in [0.15, 0.2) is 0 Å². The van der Waals surface area contributed by atoms with Crippen LogP contribution in [0.15, 0.2) is 54.7 Å². The molecule has 3 aromatic rings. The molecule has 1 unspecified atom stereocenters. The van der Waals surface area contributed by atoms with E-state index < -0.39 is 0 Å². The molecule has 28 heavy (non-hydrogen) atoms. The van der Waals surface area contributed by atoms with E-state index in [-0.39, 0.29) is 24.2 Å². The number of hydrogen-bond donors (Lipinski definition) is 2. The second kappa shape index (κ2) is 7.76. The summed E-state index contributed by atoms with van der Waals surface area (Å²) in [7, 11) is 1.60. The Kier molecular flexibility index (Phi) is 5.02. The van der Waals surface area contributed by atoms with Crippen molar-refractivity contribution < 1.29 is 14.3 Å². The van der Waals surface area contributed by atoms with E-state index in [1.165, 1.54) is 10.9 Å². The first-order valence-electron chi connectivity index (χ1n) is 9.42. The van der Waals surface area contributed by atoms with Gasteiger partial charge in [-0.25, -0.2) is 0 Å². The Labute approximate surface area is 163 Å². The highest BCUT2D eigenvalue weighted by molar-refractivity contribution is 5.97. The average Bonchev–Trinajstić information content (AvgIpc) is 3.30. The van der Waals surface area contributed by atoms with E-state index in [4.69, 9.17) is 4.74 Å². The summed E-state index contributed by atoms with van der Waals surface area (Å²) in [5, 5.41) is 4.08. The van der Waals surface area contributed by atoms with Gasteiger partial charge in [-0.3, -0.25) is 9.59 Å². The lowest BCUT2D eigenvalue weighted by molar-refractivity contribution is -0.128. The number of fused-ring (bicyclic) bond motifs is 1. The monoisotopic (exact) mass is 377 g/mol. The van der Waals surface area contributed by atoms with Crippen molar-refractivity contribution in [3.63, 3.8) is 0 Å². The molecule has 4 rings (SSSR count). The molecule has 144 valence electrons. The molecule has 1 aliphatic rings. The van der Waals surface area contributed by atoms with E-state index in [1.807, 2.05) is 24.4 Å². The van der Waals surface area contributed by atoms with Gasteiger partial charge in [-0.15, -0.1) is 0 Å². The number of ether oxygens (including phenoxy) is 1. The predicted octanol–water partition coefficient (Wildman–Crippen LogP) is 3.21. The molecule has 1 atom stereocenters. The van der Waals surface area contributed by atoms with Crippen LogP contribution in [0.25, 0.3) is 10.9 Å². The SMILES string of the molecule is COc1ccc(NC(=O)C2CC(=O)N(CCc3c[nH]c4ccccc34)C2)cc1. The van der Waals surface area contributed by atoms with Crippen LogP contribution in [0.3, 0.4) is 0 Å². The third-order valence-corrected chi connectivity index (χ3v) is 5.27. The minimum atomic E-state index is -0.322. The molecule has 1 aromatic heterocycles. The zero-order valence-electron chi connectivity index (χ0n) is 15.8. The summed E-state index contributed by atoms with van der Waals surface area (Å²) in [6, 6.07) is 15.3. The van der Waals surface area contributed by atoms with E-state index in [1.54, 1.807) is 36.3 Å². The largest absolute Gasteiger partial charge is 0.497 e. The predicted molar refractivity (Wildman–Crippen MR) is 108 cm³/mol. The average molecular weight is 377 g/mol. The maximum absolute atomic E-state index is 12.5. The standard InChI is InChI=1S/C22H23N3O3/c1-28-18-8-6-17(7-9-18)24-22(27)16-12-21(26)25(14-16)11-10-15-13-23-20-5-3-2-4-19(15)20/h2-9,13,16,23H,10-12,14H2,1H3,(H,24,27). The van der Waals surface area contributed by atoms with Gasteiger partial charge in [0.25, 0.3) is 0 Å². The van der Waals surface area contributed by atoms with Gasteiger partial charge in [-0.1, -0.05) is 18.2 Å². The molecule has 0 aliphatic carbocycles. The fraction of sp³-hybridized carbons (Fsp3) is 0.273. The van der Waals surface area contributed by atoms with E-state index in [2.05, 4.69) is 16.4 Å². The summed E-state index contributed by atoms with van der Waals surface area (Å²) in [4.78, 5) is 30.0. The number of H-pyrrole nitrogens is 1. The van der Waals surface area contributed by atoms with Crippen molar-refractivity contribution in [3.8, 4) is 5.75 Å². The second-order valence-corrected chi connectivity index (χ2v) is 7.07. The van der Waals surface area contributed by atoms with Crippen molar-refractivity contribution in [3.05, 3.63) is 60.3 Å². The first-order chi connectivity index (χ1) is 13.6. The summed E-state index contributed by atoms with van der Waals surface area (Å²) in [6.45, 7) is 1.08. The molecule has 6 heteroatoms. The molecule has 6 nitrogen and oxygen atoms in total. The summed E-state index contributed by atoms with van der Waals surface area (Å²) in [5.41, 5.74) is 2.99. The quantitative estimate of drug-likeness (QED) is 0.693. The Morgan fingerprint density at radius 2 is 2.00 bits per heavy atom. The molecule has 0 radical (unpaired) electrons. The van der Waals surface area contributed by atoms with E-state index in [0.29, 0.717) is 18.8 Å². The number of anilines is 1. The molecule has 0 spiro atoms. The highest BCUT2D eigenvalue weighted by atomic mass is 16.5. The minimum absolute atomic E-state index is 0.0368. The molecule has 2 aromatic carbocycles. The number of amides is 2. The van der Waals surface area contributed by atoms with Crippen molar-refractivity contribution in [1.29, 1.82) is 0 Å². The number of methoxy groups -OCH3 is 1. The number of aromatic amines is 1. The third-order valence-electron chi connectivity index (χ3n) is 5.27. The Morgan fingerprint density at radius 3 is 2.79 bits per heavy atom. The van der Waals surface area contributed by atoms with Crippen LogP contribution in [-0.2, 0) is 16.0 Å². The summed E-state index contributed by atoms with van der Waals surface area (Å²) in [5.74, 6) is 0.331. The van der Waals surface area contributed by atoms with Crippen molar-refractivity contribution in [2.45, 2.75) is 12.8 Å². The summed E-state index contributed by atoms with van der Waals surface area (Å²) in [6.07, 6.45) is 3.03. The first-order valence-corrected chi connectivity index (χ1v) is 9.42. The smallest absolute Gasteiger partial charge is 0.229 e. The van der Waals surface area contributed by atoms with Crippen LogP contribution in [0.4, 0.5) is 5.69 Å². The van der Waals surface area contributed by atoms with Gasteiger partial charge in [0, 0.05) is 42.3 Å². The Hall–Kier alpha value is -3.28. The van der Waals surface area contributed by atoms with Gasteiger partial charge >= 0.3 is 0 Å². The molecule has 1 saturated heterocycles. The number of benzene rings is 2. The minimum Gasteiger partial charge on any atom is -0.497 e. The molecular weight excluding hydrogens is 354 g/mol. The molecular formula is C22H23N3O3. The van der Waals surface area contributed by atoms with Crippen LogP contribution in [0, 0.1) is 5.92 Å². The zero-order chi connectivity index (χ0) is 19.5. The second-order valence-electron chi connectivity index (χ2n) is 7.07. The number of nitrogens with zero attached hydrogens (tertiary/aromatic N) is 1. The fourth-order valence-corrected chi connectivity index (χ4v) is 3.68. The topological polar surface area (TPSA) is 74.4 Å². The number of para-hydroxylation sites is 1. The molecule has 0 bridgehead atoms. The third kappa shape index (κ3) is 3.71. The van der Waals surface area contributed by atoms with E-state index in [9.17, 15) is 9.59 Å². The maximum atomic E-state index is 12.5. The Morgan fingerprint density at radius 1 is 1.21 bits per heavy atom. The van der Waals surface area contributed by atoms with Crippen molar-refractivity contribution in [1.82, 2.24) is 9.88 Å². The number of nitrogens with one attached hydrogen (secondary N) is 2. The number of aromatic nitrogens is 1. The fourth-order valence-electron chi connectivity index (χ4n) is 3.68. The molecule has 1 aliphatic heterocycles. The van der Waals surface area contributed by atoms with Crippen LogP contribution in [0.2, 0.25) is 0 Å². The van der Waals surface area contributed by atoms with Crippen molar-refractivity contribution in [2.75, 3.05) is 25.5 Å². The zero-order valence-corrected chi connectivity index (χ0v) is 15.8. The van der Waals surface area contributed by atoms with Crippen LogP contribution in [0.1, 0.15) is 12.0 Å². The lowest BCUT2D eigenvalue weighted by Crippen LogP contribution is -2.30. The summed E-state index contributed by atoms with van der Waals surface area (Å²) < 4.78 is 5.12. The van der Waals surface area contributed by atoms with Crippen LogP contribution < -0.4 is 10.1 Å². The van der Waals surface area contributed by atoms with Crippen molar-refractivity contribution >= 4 is 28.4 Å². The Balaban J connectivity index is 1.34. The first kappa shape index (κ1) is 18.1. The molecule has 2 N–H and O–H groups in total. The van der Waals surface area contributed by atoms with Gasteiger partial charge in [0.1, 0.15) is 5.75 Å². The number of likely N-dealkylation sites (tertiary alicyclic amines) is 1. The van der Waals surface area contributed by atoms with E-state index >= 15 is 0 Å².